The summed E-state index contributed by atoms with van der Waals surface area (Å²) in [6, 6.07) is 4.06. The molecule has 0 aliphatic rings. The highest BCUT2D eigenvalue weighted by atomic mass is 35.5. The van der Waals surface area contributed by atoms with Crippen LogP contribution in [-0.4, -0.2) is 30.9 Å². The second-order valence-corrected chi connectivity index (χ2v) is 3.33. The molecule has 0 saturated carbocycles. The number of halogens is 1. The van der Waals surface area contributed by atoms with Gasteiger partial charge in [0.2, 0.25) is 5.88 Å². The van der Waals surface area contributed by atoms with Crippen molar-refractivity contribution in [1.29, 1.82) is 0 Å². The minimum Gasteiger partial charge on any atom is -0.493 e. The van der Waals surface area contributed by atoms with Crippen LogP contribution >= 0.6 is 11.6 Å². The van der Waals surface area contributed by atoms with Crippen LogP contribution in [0.3, 0.4) is 0 Å². The Bertz CT molecular complexity index is 553. The number of pyridine rings is 1. The summed E-state index contributed by atoms with van der Waals surface area (Å²) >= 11 is 5.67. The molecule has 0 spiro atoms. The zero-order chi connectivity index (χ0) is 11.7. The molecule has 0 amide bonds. The predicted molar refractivity (Wildman–Crippen MR) is 55.0 cm³/mol. The molecule has 2 N–H and O–H groups in total. The van der Waals surface area contributed by atoms with Crippen molar-refractivity contribution in [2.24, 2.45) is 0 Å². The fourth-order valence-electron chi connectivity index (χ4n) is 1.19. The van der Waals surface area contributed by atoms with Crippen molar-refractivity contribution < 1.29 is 15.0 Å². The first-order valence-electron chi connectivity index (χ1n) is 4.22. The third-order valence-corrected chi connectivity index (χ3v) is 2.07. The second-order valence-electron chi connectivity index (χ2n) is 2.94. The number of hydrogen-bond acceptors (Lipinski definition) is 4. The van der Waals surface area contributed by atoms with Gasteiger partial charge < -0.3 is 10.2 Å². The molecule has 0 unspecified atom stereocenters. The lowest BCUT2D eigenvalue weighted by Gasteiger charge is -2.01. The summed E-state index contributed by atoms with van der Waals surface area (Å²) in [7, 11) is 0. The van der Waals surface area contributed by atoms with E-state index < -0.39 is 5.97 Å². The highest BCUT2D eigenvalue weighted by Crippen LogP contribution is 2.19. The van der Waals surface area contributed by atoms with Crippen LogP contribution in [0.25, 0.3) is 5.69 Å². The van der Waals surface area contributed by atoms with E-state index in [-0.39, 0.29) is 16.7 Å². The first-order valence-corrected chi connectivity index (χ1v) is 4.60. The van der Waals surface area contributed by atoms with Gasteiger partial charge in [-0.05, 0) is 6.07 Å². The predicted octanol–water partition coefficient (Wildman–Crippen LogP) is 1.32. The molecular formula is C9H6ClN3O3. The molecule has 0 aliphatic carbocycles. The highest BCUT2D eigenvalue weighted by molar-refractivity contribution is 6.29. The van der Waals surface area contributed by atoms with Gasteiger partial charge in [0.25, 0.3) is 0 Å². The van der Waals surface area contributed by atoms with Crippen molar-refractivity contribution in [2.45, 2.75) is 0 Å². The molecule has 0 radical (unpaired) electrons. The van der Waals surface area contributed by atoms with E-state index in [2.05, 4.69) is 10.1 Å². The normalized spacial score (nSPS) is 10.3. The molecule has 0 bridgehead atoms. The Hall–Kier alpha value is -2.08. The number of carboxylic acid groups (broad SMARTS) is 1. The van der Waals surface area contributed by atoms with Gasteiger partial charge in [-0.15, -0.1) is 0 Å². The van der Waals surface area contributed by atoms with Gasteiger partial charge in [0, 0.05) is 18.3 Å². The molecule has 2 aromatic heterocycles. The van der Waals surface area contributed by atoms with Gasteiger partial charge in [0.1, 0.15) is 5.15 Å². The van der Waals surface area contributed by atoms with E-state index in [0.29, 0.717) is 5.69 Å². The van der Waals surface area contributed by atoms with Crippen molar-refractivity contribution in [3.05, 3.63) is 35.2 Å². The smallest absolute Gasteiger partial charge is 0.356 e. The molecule has 0 aliphatic heterocycles. The molecule has 2 aromatic rings. The topological polar surface area (TPSA) is 88.2 Å². The van der Waals surface area contributed by atoms with Crippen LogP contribution in [-0.2, 0) is 0 Å². The third kappa shape index (κ3) is 1.82. The minimum atomic E-state index is -1.21. The number of nitrogens with zero attached hydrogens (tertiary/aromatic N) is 3. The molecule has 2 rings (SSSR count). The Morgan fingerprint density at radius 1 is 1.44 bits per heavy atom. The maximum absolute atomic E-state index is 10.6. The van der Waals surface area contributed by atoms with Gasteiger partial charge in [-0.1, -0.05) is 11.6 Å². The molecule has 82 valence electrons. The number of carbonyl (C=O) groups is 1. The second kappa shape index (κ2) is 3.82. The van der Waals surface area contributed by atoms with E-state index in [9.17, 15) is 9.90 Å². The van der Waals surface area contributed by atoms with Crippen LogP contribution in [0.1, 0.15) is 10.5 Å². The number of aromatic hydroxyl groups is 1. The Morgan fingerprint density at radius 3 is 2.75 bits per heavy atom. The molecule has 16 heavy (non-hydrogen) atoms. The number of hydrogen-bond donors (Lipinski definition) is 2. The molecular weight excluding hydrogens is 234 g/mol. The summed E-state index contributed by atoms with van der Waals surface area (Å²) in [6.07, 6.45) is 1.43. The van der Waals surface area contributed by atoms with Crippen LogP contribution in [0.5, 0.6) is 5.88 Å². The van der Waals surface area contributed by atoms with Crippen LogP contribution < -0.4 is 0 Å². The van der Waals surface area contributed by atoms with E-state index in [1.807, 2.05) is 0 Å². The summed E-state index contributed by atoms with van der Waals surface area (Å²) < 4.78 is 1.07. The summed E-state index contributed by atoms with van der Waals surface area (Å²) in [4.78, 5) is 14.4. The lowest BCUT2D eigenvalue weighted by atomic mass is 10.4. The van der Waals surface area contributed by atoms with E-state index in [1.165, 1.54) is 12.3 Å². The number of aromatic nitrogens is 3. The standard InChI is InChI=1S/C9H6ClN3O3/c10-7-3-5(1-2-11-7)13-8(14)4-6(12-13)9(15)16/h1-4,14H,(H,15,16). The van der Waals surface area contributed by atoms with Crippen molar-refractivity contribution in [2.75, 3.05) is 0 Å². The van der Waals surface area contributed by atoms with E-state index in [4.69, 9.17) is 16.7 Å². The molecule has 7 heteroatoms. The van der Waals surface area contributed by atoms with Crippen LogP contribution in [0.2, 0.25) is 5.15 Å². The van der Waals surface area contributed by atoms with Crippen LogP contribution in [0, 0.1) is 0 Å². The summed E-state index contributed by atoms with van der Waals surface area (Å²) in [5.41, 5.74) is 0.190. The SMILES string of the molecule is O=C(O)c1cc(O)n(-c2ccnc(Cl)c2)n1. The summed E-state index contributed by atoms with van der Waals surface area (Å²) in [6.45, 7) is 0. The van der Waals surface area contributed by atoms with Gasteiger partial charge in [-0.3, -0.25) is 0 Å². The van der Waals surface area contributed by atoms with Crippen molar-refractivity contribution in [1.82, 2.24) is 14.8 Å². The Balaban J connectivity index is 2.52. The molecule has 0 fully saturated rings. The zero-order valence-corrected chi connectivity index (χ0v) is 8.59. The maximum atomic E-state index is 10.6. The monoisotopic (exact) mass is 239 g/mol. The van der Waals surface area contributed by atoms with E-state index in [0.717, 1.165) is 10.7 Å². The Labute approximate surface area is 94.7 Å². The van der Waals surface area contributed by atoms with E-state index >= 15 is 0 Å². The number of aromatic carboxylic acids is 1. The zero-order valence-electron chi connectivity index (χ0n) is 7.83. The maximum Gasteiger partial charge on any atom is 0.356 e. The van der Waals surface area contributed by atoms with Crippen molar-refractivity contribution >= 4 is 17.6 Å². The van der Waals surface area contributed by atoms with Gasteiger partial charge in [-0.2, -0.15) is 5.10 Å². The van der Waals surface area contributed by atoms with Gasteiger partial charge >= 0.3 is 5.97 Å². The molecule has 0 atom stereocenters. The van der Waals surface area contributed by atoms with Crippen molar-refractivity contribution in [3.63, 3.8) is 0 Å². The largest absolute Gasteiger partial charge is 0.493 e. The third-order valence-electron chi connectivity index (χ3n) is 1.86. The molecule has 0 saturated heterocycles. The summed E-state index contributed by atoms with van der Waals surface area (Å²) in [5, 5.41) is 22.1. The van der Waals surface area contributed by atoms with Crippen LogP contribution in [0.15, 0.2) is 24.4 Å². The fraction of sp³-hybridized carbons (Fsp3) is 0. The van der Waals surface area contributed by atoms with E-state index in [1.54, 1.807) is 6.07 Å². The van der Waals surface area contributed by atoms with Gasteiger partial charge in [0.15, 0.2) is 5.69 Å². The average molecular weight is 240 g/mol. The first-order chi connectivity index (χ1) is 7.58. The lowest BCUT2D eigenvalue weighted by Crippen LogP contribution is -2.01. The van der Waals surface area contributed by atoms with Crippen LogP contribution in [0.4, 0.5) is 0 Å². The van der Waals surface area contributed by atoms with Gasteiger partial charge in [-0.25, -0.2) is 14.5 Å². The minimum absolute atomic E-state index is 0.226. The number of rotatable bonds is 2. The first kappa shape index (κ1) is 10.4. The highest BCUT2D eigenvalue weighted by Gasteiger charge is 2.13. The quantitative estimate of drug-likeness (QED) is 0.772. The molecule has 0 aromatic carbocycles. The number of carboxylic acids is 1. The Morgan fingerprint density at radius 2 is 2.19 bits per heavy atom. The lowest BCUT2D eigenvalue weighted by molar-refractivity contribution is 0.0690. The average Bonchev–Trinajstić information content (AvgIpc) is 2.60. The molecule has 6 nitrogen and oxygen atoms in total. The Kier molecular flexibility index (Phi) is 2.49. The van der Waals surface area contributed by atoms with Gasteiger partial charge in [0.05, 0.1) is 5.69 Å². The fourth-order valence-corrected chi connectivity index (χ4v) is 1.36. The summed E-state index contributed by atoms with van der Waals surface area (Å²) in [5.74, 6) is -1.49. The van der Waals surface area contributed by atoms with Crippen molar-refractivity contribution in [3.8, 4) is 11.6 Å². The molecule has 2 heterocycles.